The van der Waals surface area contributed by atoms with E-state index >= 15 is 0 Å². The molecule has 0 radical (unpaired) electrons. The van der Waals surface area contributed by atoms with E-state index in [0.29, 0.717) is 37.0 Å². The number of hydrogen-bond acceptors (Lipinski definition) is 5. The summed E-state index contributed by atoms with van der Waals surface area (Å²) in [5.41, 5.74) is 0. The van der Waals surface area contributed by atoms with Gasteiger partial charge in [0.25, 0.3) is 0 Å². The van der Waals surface area contributed by atoms with E-state index < -0.39 is 6.09 Å². The van der Waals surface area contributed by atoms with Crippen LogP contribution in [-0.4, -0.2) is 65.7 Å². The number of pyridine rings is 1. The summed E-state index contributed by atoms with van der Waals surface area (Å²) in [5.74, 6) is 0.565. The van der Waals surface area contributed by atoms with Crippen molar-refractivity contribution >= 4 is 23.6 Å². The summed E-state index contributed by atoms with van der Waals surface area (Å²) in [5, 5.41) is 0.485. The molecule has 3 rings (SSSR count). The Balaban J connectivity index is 1.47. The summed E-state index contributed by atoms with van der Waals surface area (Å²) in [4.78, 5) is 30.7. The van der Waals surface area contributed by atoms with Gasteiger partial charge in [-0.2, -0.15) is 0 Å². The zero-order chi connectivity index (χ0) is 16.2. The maximum absolute atomic E-state index is 12.2. The Morgan fingerprint density at radius 2 is 2.17 bits per heavy atom. The summed E-state index contributed by atoms with van der Waals surface area (Å²) in [6, 6.07) is 1.73. The number of carbonyl (C=O) groups is 2. The van der Waals surface area contributed by atoms with Gasteiger partial charge in [-0.3, -0.25) is 14.7 Å². The van der Waals surface area contributed by atoms with E-state index in [0.717, 1.165) is 12.8 Å². The number of likely N-dealkylation sites (tertiary alicyclic amines) is 1. The molecule has 0 N–H and O–H groups in total. The number of aromatic nitrogens is 1. The van der Waals surface area contributed by atoms with Gasteiger partial charge in [-0.25, -0.2) is 4.79 Å². The summed E-state index contributed by atoms with van der Waals surface area (Å²) in [6.45, 7) is 2.13. The van der Waals surface area contributed by atoms with Crippen molar-refractivity contribution < 1.29 is 19.1 Å². The molecular weight excluding hydrogens is 322 g/mol. The van der Waals surface area contributed by atoms with E-state index in [1.165, 1.54) is 4.90 Å². The highest BCUT2D eigenvalue weighted by Gasteiger charge is 2.29. The monoisotopic (exact) mass is 339 g/mol. The van der Waals surface area contributed by atoms with Gasteiger partial charge in [-0.05, 0) is 0 Å². The molecule has 0 atom stereocenters. The number of piperidine rings is 1. The third kappa shape index (κ3) is 3.85. The van der Waals surface area contributed by atoms with Crippen molar-refractivity contribution in [3.63, 3.8) is 0 Å². The minimum atomic E-state index is -0.413. The predicted octanol–water partition coefficient (Wildman–Crippen LogP) is 1.56. The van der Waals surface area contributed by atoms with Crippen molar-refractivity contribution in [2.75, 3.05) is 32.8 Å². The number of cyclic esters (lactones) is 1. The Bertz CT molecular complexity index is 590. The minimum absolute atomic E-state index is 0.0238. The van der Waals surface area contributed by atoms with E-state index in [2.05, 4.69) is 4.98 Å². The normalized spacial score (nSPS) is 18.9. The topological polar surface area (TPSA) is 72.0 Å². The highest BCUT2D eigenvalue weighted by molar-refractivity contribution is 6.31. The van der Waals surface area contributed by atoms with Crippen LogP contribution in [0.3, 0.4) is 0 Å². The lowest BCUT2D eigenvalue weighted by molar-refractivity contribution is -0.133. The van der Waals surface area contributed by atoms with Gasteiger partial charge in [-0.1, -0.05) is 11.6 Å². The van der Waals surface area contributed by atoms with Crippen LogP contribution in [0.4, 0.5) is 4.79 Å². The van der Waals surface area contributed by atoms with E-state index in [1.807, 2.05) is 0 Å². The van der Waals surface area contributed by atoms with Gasteiger partial charge in [0.15, 0.2) is 0 Å². The second-order valence-corrected chi connectivity index (χ2v) is 5.95. The second-order valence-electron chi connectivity index (χ2n) is 5.54. The number of amides is 2. The van der Waals surface area contributed by atoms with Crippen molar-refractivity contribution in [2.45, 2.75) is 18.9 Å². The summed E-state index contributed by atoms with van der Waals surface area (Å²) in [6.07, 6.45) is 4.25. The molecule has 0 aromatic carbocycles. The molecule has 2 fully saturated rings. The molecule has 0 bridgehead atoms. The van der Waals surface area contributed by atoms with Crippen LogP contribution in [0.15, 0.2) is 18.5 Å². The largest absolute Gasteiger partial charge is 0.489 e. The SMILES string of the molecule is O=C(CN1CCOC1=O)N1CCC(Oc2ccncc2Cl)CC1. The molecule has 2 amide bonds. The van der Waals surface area contributed by atoms with Crippen molar-refractivity contribution in [1.82, 2.24) is 14.8 Å². The lowest BCUT2D eigenvalue weighted by Crippen LogP contribution is -2.46. The summed E-state index contributed by atoms with van der Waals surface area (Å²) < 4.78 is 10.7. The molecule has 1 aromatic heterocycles. The molecule has 124 valence electrons. The third-order valence-corrected chi connectivity index (χ3v) is 4.28. The van der Waals surface area contributed by atoms with Crippen LogP contribution in [0, 0.1) is 0 Å². The molecule has 2 aliphatic rings. The Morgan fingerprint density at radius 3 is 2.83 bits per heavy atom. The molecule has 0 aliphatic carbocycles. The van der Waals surface area contributed by atoms with Gasteiger partial charge in [0.2, 0.25) is 5.91 Å². The van der Waals surface area contributed by atoms with Crippen LogP contribution < -0.4 is 4.74 Å². The van der Waals surface area contributed by atoms with Gasteiger partial charge < -0.3 is 14.4 Å². The fourth-order valence-electron chi connectivity index (χ4n) is 2.69. The Labute approximate surface area is 139 Å². The molecule has 0 unspecified atom stereocenters. The predicted molar refractivity (Wildman–Crippen MR) is 82.4 cm³/mol. The quantitative estimate of drug-likeness (QED) is 0.832. The van der Waals surface area contributed by atoms with Crippen LogP contribution in [0.25, 0.3) is 0 Å². The van der Waals surface area contributed by atoms with E-state index in [-0.39, 0.29) is 18.6 Å². The highest BCUT2D eigenvalue weighted by atomic mass is 35.5. The van der Waals surface area contributed by atoms with E-state index in [9.17, 15) is 9.59 Å². The first kappa shape index (κ1) is 15.9. The summed E-state index contributed by atoms with van der Waals surface area (Å²) in [7, 11) is 0. The first-order chi connectivity index (χ1) is 11.1. The third-order valence-electron chi connectivity index (χ3n) is 3.99. The first-order valence-electron chi connectivity index (χ1n) is 7.59. The molecule has 1 aromatic rings. The number of rotatable bonds is 4. The minimum Gasteiger partial charge on any atom is -0.489 e. The van der Waals surface area contributed by atoms with Gasteiger partial charge in [0, 0.05) is 44.4 Å². The molecule has 7 nitrogen and oxygen atoms in total. The molecule has 23 heavy (non-hydrogen) atoms. The molecule has 8 heteroatoms. The highest BCUT2D eigenvalue weighted by Crippen LogP contribution is 2.26. The number of ether oxygens (including phenoxy) is 2. The lowest BCUT2D eigenvalue weighted by Gasteiger charge is -2.33. The standard InChI is InChI=1S/C15H18ClN3O4/c16-12-9-17-4-1-13(12)23-11-2-5-18(6-3-11)14(20)10-19-7-8-22-15(19)21/h1,4,9,11H,2-3,5-8,10H2. The molecule has 0 saturated carbocycles. The van der Waals surface area contributed by atoms with Crippen LogP contribution in [0.2, 0.25) is 5.02 Å². The first-order valence-corrected chi connectivity index (χ1v) is 7.97. The van der Waals surface area contributed by atoms with E-state index in [4.69, 9.17) is 21.1 Å². The van der Waals surface area contributed by atoms with Crippen molar-refractivity contribution in [3.05, 3.63) is 23.5 Å². The molecule has 2 saturated heterocycles. The van der Waals surface area contributed by atoms with Crippen LogP contribution in [0.1, 0.15) is 12.8 Å². The van der Waals surface area contributed by atoms with Crippen molar-refractivity contribution in [2.24, 2.45) is 0 Å². The van der Waals surface area contributed by atoms with Gasteiger partial charge in [0.05, 0.1) is 6.54 Å². The maximum atomic E-state index is 12.2. The fraction of sp³-hybridized carbons (Fsp3) is 0.533. The average Bonchev–Trinajstić information content (AvgIpc) is 2.95. The molecular formula is C15H18ClN3O4. The molecule has 2 aliphatic heterocycles. The van der Waals surface area contributed by atoms with E-state index in [1.54, 1.807) is 23.4 Å². The van der Waals surface area contributed by atoms with Crippen LogP contribution in [-0.2, 0) is 9.53 Å². The Morgan fingerprint density at radius 1 is 1.39 bits per heavy atom. The Kier molecular flexibility index (Phi) is 4.85. The Hall–Kier alpha value is -2.02. The number of nitrogens with zero attached hydrogens (tertiary/aromatic N) is 3. The van der Waals surface area contributed by atoms with Crippen molar-refractivity contribution in [3.8, 4) is 5.75 Å². The average molecular weight is 340 g/mol. The van der Waals surface area contributed by atoms with Crippen LogP contribution in [0.5, 0.6) is 5.75 Å². The molecule has 3 heterocycles. The fourth-order valence-corrected chi connectivity index (χ4v) is 2.86. The van der Waals surface area contributed by atoms with Crippen LogP contribution >= 0.6 is 11.6 Å². The maximum Gasteiger partial charge on any atom is 0.410 e. The summed E-state index contributed by atoms with van der Waals surface area (Å²) >= 11 is 6.03. The van der Waals surface area contributed by atoms with Gasteiger partial charge >= 0.3 is 6.09 Å². The zero-order valence-corrected chi connectivity index (χ0v) is 13.4. The second kappa shape index (κ2) is 7.04. The van der Waals surface area contributed by atoms with Gasteiger partial charge in [0.1, 0.15) is 30.0 Å². The number of hydrogen-bond donors (Lipinski definition) is 0. The molecule has 0 spiro atoms. The van der Waals surface area contributed by atoms with Gasteiger partial charge in [-0.15, -0.1) is 0 Å². The smallest absolute Gasteiger partial charge is 0.410 e. The number of halogens is 1. The number of carbonyl (C=O) groups excluding carboxylic acids is 2. The van der Waals surface area contributed by atoms with Crippen molar-refractivity contribution in [1.29, 1.82) is 0 Å². The zero-order valence-electron chi connectivity index (χ0n) is 12.6. The lowest BCUT2D eigenvalue weighted by atomic mass is 10.1.